The molecule has 244 valence electrons. The number of nitrogens with one attached hydrogen (secondary N) is 1. The largest absolute Gasteiger partial charge is 0.416 e. The van der Waals surface area contributed by atoms with E-state index in [0.717, 1.165) is 34.3 Å². The van der Waals surface area contributed by atoms with Crippen LogP contribution in [-0.4, -0.2) is 50.0 Å². The summed E-state index contributed by atoms with van der Waals surface area (Å²) in [6.45, 7) is 3.39. The molecule has 0 bridgehead atoms. The van der Waals surface area contributed by atoms with Gasteiger partial charge < -0.3 is 10.2 Å². The van der Waals surface area contributed by atoms with E-state index >= 15 is 0 Å². The number of hydrogen-bond acceptors (Lipinski definition) is 4. The van der Waals surface area contributed by atoms with Gasteiger partial charge in [0, 0.05) is 47.6 Å². The third-order valence-electron chi connectivity index (χ3n) is 7.28. The van der Waals surface area contributed by atoms with E-state index < -0.39 is 33.7 Å². The molecule has 0 aliphatic carbocycles. The summed E-state index contributed by atoms with van der Waals surface area (Å²) in [6.07, 6.45) is -3.20. The maximum atomic E-state index is 14.0. The van der Waals surface area contributed by atoms with Crippen molar-refractivity contribution >= 4 is 50.7 Å². The molecule has 0 fully saturated rings. The summed E-state index contributed by atoms with van der Waals surface area (Å²) < 4.78 is 66.1. The second kappa shape index (κ2) is 15.8. The normalized spacial score (nSPS) is 13.2. The number of alkyl halides is 3. The predicted molar refractivity (Wildman–Crippen MR) is 172 cm³/mol. The maximum absolute atomic E-state index is 14.0. The highest BCUT2D eigenvalue weighted by Gasteiger charge is 2.33. The molecule has 0 spiro atoms. The summed E-state index contributed by atoms with van der Waals surface area (Å²) in [5.74, 6) is -0.866. The number of hydrogen-bond donors (Lipinski definition) is 1. The highest BCUT2D eigenvalue weighted by molar-refractivity contribution is 7.92. The van der Waals surface area contributed by atoms with Gasteiger partial charge in [-0.1, -0.05) is 72.6 Å². The van der Waals surface area contributed by atoms with Crippen molar-refractivity contribution < 1.29 is 31.2 Å². The first kappa shape index (κ1) is 36.2. The number of nitrogens with zero attached hydrogens (tertiary/aromatic N) is 2. The first-order chi connectivity index (χ1) is 21.1. The van der Waals surface area contributed by atoms with Gasteiger partial charge in [-0.3, -0.25) is 13.9 Å². The Balaban J connectivity index is 1.95. The van der Waals surface area contributed by atoms with Crippen LogP contribution in [-0.2, 0) is 38.8 Å². The summed E-state index contributed by atoms with van der Waals surface area (Å²) in [4.78, 5) is 29.0. The molecular weight excluding hydrogens is 650 g/mol. The first-order valence-electron chi connectivity index (χ1n) is 14.3. The Labute approximate surface area is 272 Å². The van der Waals surface area contributed by atoms with Crippen LogP contribution in [0.4, 0.5) is 18.9 Å². The van der Waals surface area contributed by atoms with Gasteiger partial charge in [0.15, 0.2) is 0 Å². The molecule has 0 unspecified atom stereocenters. The van der Waals surface area contributed by atoms with Crippen LogP contribution in [0.1, 0.15) is 49.8 Å². The second-order valence-corrected chi connectivity index (χ2v) is 13.5. The topological polar surface area (TPSA) is 86.8 Å². The molecule has 2 atom stereocenters. The molecule has 3 aromatic rings. The number of anilines is 1. The third-order valence-corrected chi connectivity index (χ3v) is 9.18. The molecule has 1 N–H and O–H groups in total. The van der Waals surface area contributed by atoms with Crippen LogP contribution in [0, 0.1) is 0 Å². The predicted octanol–water partition coefficient (Wildman–Crippen LogP) is 7.11. The Morgan fingerprint density at radius 1 is 0.956 bits per heavy atom. The first-order valence-corrected chi connectivity index (χ1v) is 16.9. The minimum absolute atomic E-state index is 0.0417. The van der Waals surface area contributed by atoms with Crippen molar-refractivity contribution in [3.8, 4) is 0 Å². The van der Waals surface area contributed by atoms with E-state index in [2.05, 4.69) is 5.32 Å². The van der Waals surface area contributed by atoms with Gasteiger partial charge in [0.25, 0.3) is 0 Å². The molecule has 0 radical (unpaired) electrons. The second-order valence-electron chi connectivity index (χ2n) is 10.7. The molecule has 0 aliphatic rings. The van der Waals surface area contributed by atoms with Crippen LogP contribution in [0.5, 0.6) is 0 Å². The SMILES string of the molecule is CC[C@@H](C)NC(=O)[C@H](Cc1ccccc1)N(Cc1c(Cl)cccc1Cl)C(=O)CCCN(c1cccc(C(F)(F)F)c1)S(C)(=O)=O. The van der Waals surface area contributed by atoms with Crippen molar-refractivity contribution in [1.29, 1.82) is 0 Å². The zero-order valence-corrected chi connectivity index (χ0v) is 27.5. The Kier molecular flexibility index (Phi) is 12.7. The molecule has 0 saturated carbocycles. The maximum Gasteiger partial charge on any atom is 0.416 e. The fraction of sp³-hybridized carbons (Fsp3) is 0.375. The van der Waals surface area contributed by atoms with Gasteiger partial charge in [0.05, 0.1) is 17.5 Å². The molecule has 3 aromatic carbocycles. The van der Waals surface area contributed by atoms with E-state index in [-0.39, 0.29) is 50.0 Å². The number of rotatable bonds is 14. The quantitative estimate of drug-likeness (QED) is 0.196. The fourth-order valence-electron chi connectivity index (χ4n) is 4.69. The lowest BCUT2D eigenvalue weighted by Gasteiger charge is -2.33. The van der Waals surface area contributed by atoms with Crippen molar-refractivity contribution in [1.82, 2.24) is 10.2 Å². The molecule has 7 nitrogen and oxygen atoms in total. The molecule has 0 heterocycles. The zero-order chi connectivity index (χ0) is 33.4. The number of amides is 2. The van der Waals surface area contributed by atoms with Crippen molar-refractivity contribution in [2.75, 3.05) is 17.1 Å². The number of sulfonamides is 1. The Bertz CT molecular complexity index is 1550. The van der Waals surface area contributed by atoms with Gasteiger partial charge in [0.2, 0.25) is 21.8 Å². The highest BCUT2D eigenvalue weighted by Crippen LogP contribution is 2.32. The van der Waals surface area contributed by atoms with Crippen LogP contribution in [0.2, 0.25) is 10.0 Å². The van der Waals surface area contributed by atoms with Gasteiger partial charge in [0.1, 0.15) is 6.04 Å². The molecule has 0 saturated heterocycles. The summed E-state index contributed by atoms with van der Waals surface area (Å²) in [7, 11) is -4.00. The minimum atomic E-state index is -4.67. The molecule has 3 rings (SSSR count). The van der Waals surface area contributed by atoms with Crippen molar-refractivity contribution in [3.05, 3.63) is 99.5 Å². The van der Waals surface area contributed by atoms with Crippen molar-refractivity contribution in [2.24, 2.45) is 0 Å². The lowest BCUT2D eigenvalue weighted by molar-refractivity contribution is -0.141. The summed E-state index contributed by atoms with van der Waals surface area (Å²) in [5, 5.41) is 3.55. The summed E-state index contributed by atoms with van der Waals surface area (Å²) >= 11 is 12.9. The Morgan fingerprint density at radius 3 is 2.16 bits per heavy atom. The lowest BCUT2D eigenvalue weighted by Crippen LogP contribution is -2.52. The van der Waals surface area contributed by atoms with Gasteiger partial charge in [-0.15, -0.1) is 0 Å². The van der Waals surface area contributed by atoms with E-state index in [1.807, 2.05) is 44.2 Å². The highest BCUT2D eigenvalue weighted by atomic mass is 35.5. The molecular formula is C32H36Cl2F3N3O4S. The van der Waals surface area contributed by atoms with Crippen LogP contribution < -0.4 is 9.62 Å². The molecule has 2 amide bonds. The van der Waals surface area contributed by atoms with E-state index in [4.69, 9.17) is 23.2 Å². The van der Waals surface area contributed by atoms with Gasteiger partial charge in [-0.2, -0.15) is 13.2 Å². The summed E-state index contributed by atoms with van der Waals surface area (Å²) in [6, 6.07) is 16.9. The van der Waals surface area contributed by atoms with E-state index in [1.54, 1.807) is 18.2 Å². The molecule has 0 aromatic heterocycles. The van der Waals surface area contributed by atoms with E-state index in [9.17, 15) is 31.2 Å². The smallest absolute Gasteiger partial charge is 0.352 e. The zero-order valence-electron chi connectivity index (χ0n) is 25.2. The van der Waals surface area contributed by atoms with E-state index in [0.29, 0.717) is 22.0 Å². The van der Waals surface area contributed by atoms with Gasteiger partial charge >= 0.3 is 6.18 Å². The Morgan fingerprint density at radius 2 is 1.58 bits per heavy atom. The van der Waals surface area contributed by atoms with Gasteiger partial charge in [-0.25, -0.2) is 8.42 Å². The van der Waals surface area contributed by atoms with E-state index in [1.165, 1.54) is 11.0 Å². The van der Waals surface area contributed by atoms with Gasteiger partial charge in [-0.05, 0) is 55.7 Å². The summed E-state index contributed by atoms with van der Waals surface area (Å²) in [5.41, 5.74) is 0.0703. The van der Waals surface area contributed by atoms with Crippen molar-refractivity contribution in [3.63, 3.8) is 0 Å². The van der Waals surface area contributed by atoms with Crippen molar-refractivity contribution in [2.45, 2.75) is 64.3 Å². The lowest BCUT2D eigenvalue weighted by atomic mass is 10.0. The molecule has 13 heteroatoms. The molecule has 45 heavy (non-hydrogen) atoms. The minimum Gasteiger partial charge on any atom is -0.352 e. The number of benzene rings is 3. The average molecular weight is 687 g/mol. The number of carbonyl (C=O) groups excluding carboxylic acids is 2. The number of carbonyl (C=O) groups is 2. The van der Waals surface area contributed by atoms with Crippen LogP contribution in [0.15, 0.2) is 72.8 Å². The third kappa shape index (κ3) is 10.4. The average Bonchev–Trinajstić information content (AvgIpc) is 2.97. The van der Waals surface area contributed by atoms with Crippen LogP contribution in [0.25, 0.3) is 0 Å². The fourth-order valence-corrected chi connectivity index (χ4v) is 6.16. The molecule has 0 aliphatic heterocycles. The standard InChI is InChI=1S/C32H36Cl2F3N3O4S/c1-4-22(2)38-31(42)29(19-23-11-6-5-7-12-23)39(21-26-27(33)15-9-16-28(26)34)30(41)17-10-18-40(45(3,43)44)25-14-8-13-24(20-25)32(35,36)37/h5-9,11-16,20,22,29H,4,10,17-19,21H2,1-3H3,(H,38,42)/t22-,29+/m1/s1. The van der Waals surface area contributed by atoms with Crippen LogP contribution >= 0.6 is 23.2 Å². The van der Waals surface area contributed by atoms with Crippen LogP contribution in [0.3, 0.4) is 0 Å². The monoisotopic (exact) mass is 685 g/mol. The Hall–Kier alpha value is -3.28. The number of halogens is 5.